The van der Waals surface area contributed by atoms with Crippen LogP contribution in [0.2, 0.25) is 0 Å². The molecule has 2 N–H and O–H groups in total. The number of rotatable bonds is 7. The average molecular weight is 548 g/mol. The van der Waals surface area contributed by atoms with Crippen molar-refractivity contribution in [3.05, 3.63) is 46.4 Å². The number of benzene rings is 1. The Balaban J connectivity index is 1.39. The molecule has 3 heterocycles. The van der Waals surface area contributed by atoms with Gasteiger partial charge in [0.05, 0.1) is 12.8 Å². The molecular weight excluding hydrogens is 506 g/mol. The predicted molar refractivity (Wildman–Crippen MR) is 159 cm³/mol. The molecule has 40 heavy (non-hydrogen) atoms. The third kappa shape index (κ3) is 5.91. The van der Waals surface area contributed by atoms with Gasteiger partial charge in [0.1, 0.15) is 11.4 Å². The molecule has 0 unspecified atom stereocenters. The van der Waals surface area contributed by atoms with Gasteiger partial charge in [0.15, 0.2) is 0 Å². The van der Waals surface area contributed by atoms with Gasteiger partial charge in [-0.3, -0.25) is 14.2 Å². The zero-order valence-electron chi connectivity index (χ0n) is 24.2. The van der Waals surface area contributed by atoms with Crippen LogP contribution in [0.4, 0.5) is 17.3 Å². The van der Waals surface area contributed by atoms with Crippen LogP contribution in [0.5, 0.6) is 5.75 Å². The first kappa shape index (κ1) is 27.9. The Hall–Kier alpha value is -3.66. The second kappa shape index (κ2) is 11.8. The van der Waals surface area contributed by atoms with Gasteiger partial charge in [-0.05, 0) is 57.4 Å². The van der Waals surface area contributed by atoms with Crippen molar-refractivity contribution in [2.75, 3.05) is 50.6 Å². The SMILES string of the molecule is COc1cc(N2CCN(C)CC2)ccc1Nc1ncc2c(C)cc(=O)n(C3CCC(NC(=O)C(C)C)CC3)c2n1. The Morgan fingerprint density at radius 3 is 2.48 bits per heavy atom. The van der Waals surface area contributed by atoms with Crippen LogP contribution in [0.25, 0.3) is 11.0 Å². The van der Waals surface area contributed by atoms with Crippen molar-refractivity contribution in [2.45, 2.75) is 58.5 Å². The molecule has 0 bridgehead atoms. The highest BCUT2D eigenvalue weighted by molar-refractivity contribution is 5.80. The monoisotopic (exact) mass is 547 g/mol. The average Bonchev–Trinajstić information content (AvgIpc) is 2.94. The van der Waals surface area contributed by atoms with Gasteiger partial charge >= 0.3 is 0 Å². The number of anilines is 3. The molecule has 1 saturated carbocycles. The van der Waals surface area contributed by atoms with Crippen LogP contribution in [0.15, 0.2) is 35.3 Å². The van der Waals surface area contributed by atoms with E-state index in [0.29, 0.717) is 17.3 Å². The molecule has 10 heteroatoms. The maximum absolute atomic E-state index is 13.3. The van der Waals surface area contributed by atoms with Crippen molar-refractivity contribution in [3.8, 4) is 5.75 Å². The number of hydrogen-bond donors (Lipinski definition) is 2. The summed E-state index contributed by atoms with van der Waals surface area (Å²) in [4.78, 5) is 39.6. The Bertz CT molecular complexity index is 1420. The van der Waals surface area contributed by atoms with Gasteiger partial charge in [0.2, 0.25) is 11.9 Å². The Kier molecular flexibility index (Phi) is 8.25. The van der Waals surface area contributed by atoms with Crippen LogP contribution in [0, 0.1) is 12.8 Å². The van der Waals surface area contributed by atoms with E-state index in [4.69, 9.17) is 9.72 Å². The standard InChI is InChI=1S/C30H41N7O3/c1-19(2)29(39)32-21-6-8-22(9-7-21)37-27(38)16-20(3)24-18-31-30(34-28(24)37)33-25-11-10-23(17-26(25)40-5)36-14-12-35(4)13-15-36/h10-11,16-19,21-22H,6-9,12-15H2,1-5H3,(H,32,39)(H,31,33,34). The minimum Gasteiger partial charge on any atom is -0.494 e. The Morgan fingerprint density at radius 1 is 1.07 bits per heavy atom. The van der Waals surface area contributed by atoms with Gasteiger partial charge in [0, 0.05) is 73.6 Å². The molecule has 3 aromatic rings. The van der Waals surface area contributed by atoms with Crippen molar-refractivity contribution in [1.29, 1.82) is 0 Å². The number of ether oxygens (including phenoxy) is 1. The third-order valence-electron chi connectivity index (χ3n) is 8.23. The van der Waals surface area contributed by atoms with E-state index in [1.165, 1.54) is 0 Å². The largest absolute Gasteiger partial charge is 0.494 e. The van der Waals surface area contributed by atoms with Crippen molar-refractivity contribution < 1.29 is 9.53 Å². The minimum absolute atomic E-state index is 0.0166. The maximum Gasteiger partial charge on any atom is 0.252 e. The van der Waals surface area contributed by atoms with Crippen molar-refractivity contribution >= 4 is 34.3 Å². The number of likely N-dealkylation sites (N-methyl/N-ethyl adjacent to an activating group) is 1. The number of piperazine rings is 1. The van der Waals surface area contributed by atoms with Crippen LogP contribution >= 0.6 is 0 Å². The summed E-state index contributed by atoms with van der Waals surface area (Å²) in [6, 6.07) is 7.97. The molecule has 214 valence electrons. The molecule has 2 fully saturated rings. The van der Waals surface area contributed by atoms with Gasteiger partial charge in [-0.2, -0.15) is 4.98 Å². The van der Waals surface area contributed by atoms with Gasteiger partial charge in [0.25, 0.3) is 5.56 Å². The van der Waals surface area contributed by atoms with E-state index >= 15 is 0 Å². The van der Waals surface area contributed by atoms with E-state index in [-0.39, 0.29) is 29.5 Å². The highest BCUT2D eigenvalue weighted by atomic mass is 16.5. The van der Waals surface area contributed by atoms with Crippen LogP contribution in [-0.2, 0) is 4.79 Å². The molecule has 1 amide bonds. The molecule has 10 nitrogen and oxygen atoms in total. The number of fused-ring (bicyclic) bond motifs is 1. The van der Waals surface area contributed by atoms with Crippen molar-refractivity contribution in [1.82, 2.24) is 24.8 Å². The number of aryl methyl sites for hydroxylation is 1. The lowest BCUT2D eigenvalue weighted by atomic mass is 9.90. The van der Waals surface area contributed by atoms with E-state index < -0.39 is 0 Å². The Labute approximate surface area is 235 Å². The third-order valence-corrected chi connectivity index (χ3v) is 8.23. The lowest BCUT2D eigenvalue weighted by molar-refractivity contribution is -0.125. The fourth-order valence-corrected chi connectivity index (χ4v) is 5.70. The quantitative estimate of drug-likeness (QED) is 0.460. The Morgan fingerprint density at radius 2 is 1.80 bits per heavy atom. The molecule has 1 saturated heterocycles. The zero-order chi connectivity index (χ0) is 28.4. The first-order valence-electron chi connectivity index (χ1n) is 14.3. The first-order valence-corrected chi connectivity index (χ1v) is 14.3. The minimum atomic E-state index is -0.0570. The van der Waals surface area contributed by atoms with Gasteiger partial charge in [-0.25, -0.2) is 4.98 Å². The van der Waals surface area contributed by atoms with Crippen molar-refractivity contribution in [2.24, 2.45) is 5.92 Å². The smallest absolute Gasteiger partial charge is 0.252 e. The summed E-state index contributed by atoms with van der Waals surface area (Å²) in [6.45, 7) is 9.74. The van der Waals surface area contributed by atoms with Crippen LogP contribution < -0.4 is 25.8 Å². The summed E-state index contributed by atoms with van der Waals surface area (Å²) < 4.78 is 7.55. The topological polar surface area (TPSA) is 105 Å². The fraction of sp³-hybridized carbons (Fsp3) is 0.533. The summed E-state index contributed by atoms with van der Waals surface area (Å²) in [7, 11) is 3.81. The van der Waals surface area contributed by atoms with Gasteiger partial charge in [-0.1, -0.05) is 13.8 Å². The molecular formula is C30H41N7O3. The number of methoxy groups -OCH3 is 1. The molecule has 0 radical (unpaired) electrons. The number of carbonyl (C=O) groups is 1. The molecule has 1 aliphatic heterocycles. The summed E-state index contributed by atoms with van der Waals surface area (Å²) in [6.07, 6.45) is 5.05. The van der Waals surface area contributed by atoms with Gasteiger partial charge in [-0.15, -0.1) is 0 Å². The maximum atomic E-state index is 13.3. The van der Waals surface area contributed by atoms with E-state index in [9.17, 15) is 9.59 Å². The number of amides is 1. The number of nitrogens with zero attached hydrogens (tertiary/aromatic N) is 5. The number of carbonyl (C=O) groups excluding carboxylic acids is 1. The number of nitrogens with one attached hydrogen (secondary N) is 2. The van der Waals surface area contributed by atoms with Crippen molar-refractivity contribution in [3.63, 3.8) is 0 Å². The molecule has 2 aliphatic rings. The predicted octanol–water partition coefficient (Wildman–Crippen LogP) is 3.86. The molecule has 1 aromatic carbocycles. The summed E-state index contributed by atoms with van der Waals surface area (Å²) in [5.74, 6) is 1.17. The normalized spacial score (nSPS) is 20.1. The summed E-state index contributed by atoms with van der Waals surface area (Å²) >= 11 is 0. The summed E-state index contributed by atoms with van der Waals surface area (Å²) in [5, 5.41) is 7.33. The second-order valence-corrected chi connectivity index (χ2v) is 11.4. The van der Waals surface area contributed by atoms with E-state index in [0.717, 1.165) is 74.2 Å². The van der Waals surface area contributed by atoms with Crippen LogP contribution in [0.3, 0.4) is 0 Å². The highest BCUT2D eigenvalue weighted by Gasteiger charge is 2.27. The van der Waals surface area contributed by atoms with Crippen LogP contribution in [0.1, 0.15) is 51.1 Å². The fourth-order valence-electron chi connectivity index (χ4n) is 5.70. The highest BCUT2D eigenvalue weighted by Crippen LogP contribution is 2.33. The number of pyridine rings is 1. The van der Waals surface area contributed by atoms with Gasteiger partial charge < -0.3 is 25.2 Å². The second-order valence-electron chi connectivity index (χ2n) is 11.4. The zero-order valence-corrected chi connectivity index (χ0v) is 24.2. The molecule has 0 spiro atoms. The number of aromatic nitrogens is 3. The molecule has 5 rings (SSSR count). The van der Waals surface area contributed by atoms with Crippen LogP contribution in [-0.4, -0.2) is 71.7 Å². The molecule has 2 aromatic heterocycles. The van der Waals surface area contributed by atoms with E-state index in [1.807, 2.05) is 37.5 Å². The lowest BCUT2D eigenvalue weighted by Crippen LogP contribution is -2.44. The number of hydrogen-bond acceptors (Lipinski definition) is 8. The first-order chi connectivity index (χ1) is 19.2. The summed E-state index contributed by atoms with van der Waals surface area (Å²) in [5.41, 5.74) is 3.32. The lowest BCUT2D eigenvalue weighted by Gasteiger charge is -2.34. The molecule has 1 aliphatic carbocycles. The van der Waals surface area contributed by atoms with E-state index in [1.54, 1.807) is 19.4 Å². The van der Waals surface area contributed by atoms with E-state index in [2.05, 4.69) is 38.5 Å². The molecule has 0 atom stereocenters.